The monoisotopic (exact) mass is 275 g/mol. The first-order valence-corrected chi connectivity index (χ1v) is 7.30. The SMILES string of the molecule is O=C(NCC1CCCOC1)c1ccc2c(c1)NCCN2. The predicted molar refractivity (Wildman–Crippen MR) is 79.3 cm³/mol. The minimum atomic E-state index is -0.00857. The maximum Gasteiger partial charge on any atom is 0.251 e. The van der Waals surface area contributed by atoms with Crippen molar-refractivity contribution in [3.8, 4) is 0 Å². The molecule has 108 valence electrons. The first kappa shape index (κ1) is 13.2. The van der Waals surface area contributed by atoms with Crippen molar-refractivity contribution in [3.05, 3.63) is 23.8 Å². The normalized spacial score (nSPS) is 21.3. The highest BCUT2D eigenvalue weighted by Crippen LogP contribution is 2.25. The molecule has 1 saturated heterocycles. The van der Waals surface area contributed by atoms with E-state index < -0.39 is 0 Å². The van der Waals surface area contributed by atoms with Gasteiger partial charge in [0.2, 0.25) is 0 Å². The molecule has 1 aromatic rings. The second-order valence-corrected chi connectivity index (χ2v) is 5.41. The number of nitrogens with one attached hydrogen (secondary N) is 3. The number of rotatable bonds is 3. The fourth-order valence-electron chi connectivity index (χ4n) is 2.69. The van der Waals surface area contributed by atoms with Gasteiger partial charge in [-0.15, -0.1) is 0 Å². The number of fused-ring (bicyclic) bond motifs is 1. The van der Waals surface area contributed by atoms with Crippen LogP contribution in [0, 0.1) is 5.92 Å². The van der Waals surface area contributed by atoms with Crippen LogP contribution in [0.15, 0.2) is 18.2 Å². The largest absolute Gasteiger partial charge is 0.382 e. The van der Waals surface area contributed by atoms with Crippen LogP contribution in [-0.2, 0) is 4.74 Å². The average molecular weight is 275 g/mol. The Bertz CT molecular complexity index is 484. The molecule has 2 heterocycles. The third kappa shape index (κ3) is 3.04. The molecule has 2 aliphatic heterocycles. The molecule has 2 aliphatic rings. The van der Waals surface area contributed by atoms with Gasteiger partial charge in [-0.05, 0) is 37.0 Å². The number of amides is 1. The van der Waals surface area contributed by atoms with E-state index in [-0.39, 0.29) is 5.91 Å². The van der Waals surface area contributed by atoms with E-state index in [1.807, 2.05) is 18.2 Å². The van der Waals surface area contributed by atoms with Crippen molar-refractivity contribution < 1.29 is 9.53 Å². The van der Waals surface area contributed by atoms with E-state index in [2.05, 4.69) is 16.0 Å². The van der Waals surface area contributed by atoms with Gasteiger partial charge in [-0.1, -0.05) is 0 Å². The molecule has 3 rings (SSSR count). The molecular formula is C15H21N3O2. The fraction of sp³-hybridized carbons (Fsp3) is 0.533. The summed E-state index contributed by atoms with van der Waals surface area (Å²) in [5.74, 6) is 0.441. The molecule has 0 radical (unpaired) electrons. The zero-order valence-electron chi connectivity index (χ0n) is 11.6. The second kappa shape index (κ2) is 6.13. The minimum absolute atomic E-state index is 0.00857. The summed E-state index contributed by atoms with van der Waals surface area (Å²) in [4.78, 5) is 12.2. The van der Waals surface area contributed by atoms with Gasteiger partial charge < -0.3 is 20.7 Å². The summed E-state index contributed by atoms with van der Waals surface area (Å²) >= 11 is 0. The lowest BCUT2D eigenvalue weighted by atomic mass is 10.0. The summed E-state index contributed by atoms with van der Waals surface area (Å²) in [7, 11) is 0. The zero-order valence-corrected chi connectivity index (χ0v) is 11.6. The van der Waals surface area contributed by atoms with E-state index in [1.165, 1.54) is 0 Å². The molecule has 1 unspecified atom stereocenters. The van der Waals surface area contributed by atoms with Gasteiger partial charge in [-0.25, -0.2) is 0 Å². The highest BCUT2D eigenvalue weighted by molar-refractivity contribution is 5.96. The summed E-state index contributed by atoms with van der Waals surface area (Å²) in [6.07, 6.45) is 2.23. The molecule has 0 bridgehead atoms. The van der Waals surface area contributed by atoms with Crippen molar-refractivity contribution in [1.29, 1.82) is 0 Å². The van der Waals surface area contributed by atoms with Crippen molar-refractivity contribution in [2.45, 2.75) is 12.8 Å². The molecule has 5 nitrogen and oxygen atoms in total. The molecular weight excluding hydrogens is 254 g/mol. The smallest absolute Gasteiger partial charge is 0.251 e. The van der Waals surface area contributed by atoms with Crippen molar-refractivity contribution in [3.63, 3.8) is 0 Å². The number of ether oxygens (including phenoxy) is 1. The second-order valence-electron chi connectivity index (χ2n) is 5.41. The summed E-state index contributed by atoms with van der Waals surface area (Å²) in [6.45, 7) is 4.11. The van der Waals surface area contributed by atoms with Crippen LogP contribution < -0.4 is 16.0 Å². The number of benzene rings is 1. The maximum absolute atomic E-state index is 12.2. The van der Waals surface area contributed by atoms with Crippen LogP contribution in [-0.4, -0.2) is 38.8 Å². The molecule has 0 saturated carbocycles. The number of hydrogen-bond donors (Lipinski definition) is 3. The number of hydrogen-bond acceptors (Lipinski definition) is 4. The average Bonchev–Trinajstić information content (AvgIpc) is 2.53. The fourth-order valence-corrected chi connectivity index (χ4v) is 2.69. The van der Waals surface area contributed by atoms with Gasteiger partial charge in [-0.2, -0.15) is 0 Å². The molecule has 1 aromatic carbocycles. The van der Waals surface area contributed by atoms with Crippen molar-refractivity contribution in [2.24, 2.45) is 5.92 Å². The molecule has 0 aliphatic carbocycles. The molecule has 3 N–H and O–H groups in total. The van der Waals surface area contributed by atoms with Gasteiger partial charge in [0.1, 0.15) is 0 Å². The van der Waals surface area contributed by atoms with E-state index in [0.717, 1.165) is 50.5 Å². The van der Waals surface area contributed by atoms with E-state index in [1.54, 1.807) is 0 Å². The van der Waals surface area contributed by atoms with Crippen molar-refractivity contribution in [2.75, 3.05) is 43.5 Å². The molecule has 1 amide bonds. The molecule has 1 fully saturated rings. The van der Waals surface area contributed by atoms with Gasteiger partial charge in [0.15, 0.2) is 0 Å². The van der Waals surface area contributed by atoms with Crippen LogP contribution in [0.2, 0.25) is 0 Å². The Labute approximate surface area is 119 Å². The van der Waals surface area contributed by atoms with Crippen LogP contribution in [0.25, 0.3) is 0 Å². The topological polar surface area (TPSA) is 62.4 Å². The molecule has 0 aromatic heterocycles. The van der Waals surface area contributed by atoms with Crippen LogP contribution in [0.1, 0.15) is 23.2 Å². The third-order valence-electron chi connectivity index (χ3n) is 3.84. The zero-order chi connectivity index (χ0) is 13.8. The molecule has 20 heavy (non-hydrogen) atoms. The van der Waals surface area contributed by atoms with Crippen LogP contribution in [0.5, 0.6) is 0 Å². The molecule has 0 spiro atoms. The summed E-state index contributed by atoms with van der Waals surface area (Å²) in [5, 5.41) is 9.61. The van der Waals surface area contributed by atoms with Crippen LogP contribution in [0.3, 0.4) is 0 Å². The van der Waals surface area contributed by atoms with Crippen molar-refractivity contribution in [1.82, 2.24) is 5.32 Å². The summed E-state index contributed by atoms with van der Waals surface area (Å²) < 4.78 is 5.42. The number of carbonyl (C=O) groups is 1. The lowest BCUT2D eigenvalue weighted by Gasteiger charge is -2.23. The molecule has 5 heteroatoms. The van der Waals surface area contributed by atoms with E-state index in [9.17, 15) is 4.79 Å². The third-order valence-corrected chi connectivity index (χ3v) is 3.84. The van der Waals surface area contributed by atoms with Crippen LogP contribution in [0.4, 0.5) is 11.4 Å². The number of carbonyl (C=O) groups excluding carboxylic acids is 1. The standard InChI is InChI=1S/C15H21N3O2/c19-15(18-9-11-2-1-7-20-10-11)12-3-4-13-14(8-12)17-6-5-16-13/h3-4,8,11,16-17H,1-2,5-7,9-10H2,(H,18,19). The van der Waals surface area contributed by atoms with Gasteiger partial charge >= 0.3 is 0 Å². The van der Waals surface area contributed by atoms with E-state index in [4.69, 9.17) is 4.74 Å². The first-order chi connectivity index (χ1) is 9.83. The Morgan fingerprint density at radius 1 is 1.30 bits per heavy atom. The van der Waals surface area contributed by atoms with Gasteiger partial charge in [0.25, 0.3) is 5.91 Å². The van der Waals surface area contributed by atoms with Crippen LogP contribution >= 0.6 is 0 Å². The van der Waals surface area contributed by atoms with E-state index >= 15 is 0 Å². The Kier molecular flexibility index (Phi) is 4.06. The predicted octanol–water partition coefficient (Wildman–Crippen LogP) is 1.68. The summed E-state index contributed by atoms with van der Waals surface area (Å²) in [6, 6.07) is 5.74. The lowest BCUT2D eigenvalue weighted by molar-refractivity contribution is 0.0536. The minimum Gasteiger partial charge on any atom is -0.382 e. The lowest BCUT2D eigenvalue weighted by Crippen LogP contribution is -2.33. The quantitative estimate of drug-likeness (QED) is 0.785. The Morgan fingerprint density at radius 2 is 2.15 bits per heavy atom. The summed E-state index contributed by atoms with van der Waals surface area (Å²) in [5.41, 5.74) is 2.77. The Morgan fingerprint density at radius 3 is 2.95 bits per heavy atom. The van der Waals surface area contributed by atoms with Gasteiger partial charge in [0.05, 0.1) is 18.0 Å². The highest BCUT2D eigenvalue weighted by atomic mass is 16.5. The highest BCUT2D eigenvalue weighted by Gasteiger charge is 2.16. The van der Waals surface area contributed by atoms with Crippen molar-refractivity contribution >= 4 is 17.3 Å². The van der Waals surface area contributed by atoms with E-state index in [0.29, 0.717) is 18.0 Å². The molecule has 1 atom stereocenters. The number of anilines is 2. The Hall–Kier alpha value is -1.75. The first-order valence-electron chi connectivity index (χ1n) is 7.30. The van der Waals surface area contributed by atoms with Gasteiger partial charge in [0, 0.05) is 31.8 Å². The van der Waals surface area contributed by atoms with Gasteiger partial charge in [-0.3, -0.25) is 4.79 Å². The Balaban J connectivity index is 1.59. The maximum atomic E-state index is 12.2.